The Morgan fingerprint density at radius 2 is 1.89 bits per heavy atom. The monoisotopic (exact) mass is 246 g/mol. The number of hydrogen-bond acceptors (Lipinski definition) is 2. The number of rotatable bonds is 4. The molecule has 1 fully saturated rings. The molecule has 1 aliphatic carbocycles. The number of carbonyl (C=O) groups excluding carboxylic acids is 1. The molecule has 0 amide bonds. The van der Waals surface area contributed by atoms with E-state index < -0.39 is 0 Å². The largest absolute Gasteiger partial charge is 0.496 e. The lowest BCUT2D eigenvalue weighted by Gasteiger charge is -2.13. The molecule has 0 N–H and O–H groups in total. The second-order valence-corrected chi connectivity index (χ2v) is 5.34. The molecule has 0 radical (unpaired) electrons. The molecule has 2 rings (SSSR count). The molecule has 0 saturated heterocycles. The Labute approximate surface area is 109 Å². The lowest BCUT2D eigenvalue weighted by Crippen LogP contribution is -2.08. The van der Waals surface area contributed by atoms with Gasteiger partial charge in [-0.3, -0.25) is 4.79 Å². The van der Waals surface area contributed by atoms with Crippen LogP contribution in [0.5, 0.6) is 5.75 Å². The third-order valence-electron chi connectivity index (χ3n) is 4.21. The summed E-state index contributed by atoms with van der Waals surface area (Å²) in [7, 11) is 1.67. The predicted octanol–water partition coefficient (Wildman–Crippen LogP) is 4.08. The number of ketones is 1. The van der Waals surface area contributed by atoms with Crippen LogP contribution in [0.25, 0.3) is 0 Å². The van der Waals surface area contributed by atoms with Crippen LogP contribution in [0.2, 0.25) is 0 Å². The van der Waals surface area contributed by atoms with E-state index in [-0.39, 0.29) is 0 Å². The van der Waals surface area contributed by atoms with E-state index in [4.69, 9.17) is 4.74 Å². The fourth-order valence-corrected chi connectivity index (χ4v) is 2.91. The van der Waals surface area contributed by atoms with Crippen molar-refractivity contribution in [2.75, 3.05) is 7.11 Å². The molecule has 0 heterocycles. The number of hydrogen-bond donors (Lipinski definition) is 0. The SMILES string of the molecule is COc1ccc(C(=O)CC2CCCC2)c(C)c1C. The summed E-state index contributed by atoms with van der Waals surface area (Å²) in [6.07, 6.45) is 5.74. The van der Waals surface area contributed by atoms with Gasteiger partial charge in [-0.05, 0) is 43.0 Å². The highest BCUT2D eigenvalue weighted by Gasteiger charge is 2.21. The quantitative estimate of drug-likeness (QED) is 0.748. The first-order valence-corrected chi connectivity index (χ1v) is 6.81. The van der Waals surface area contributed by atoms with Gasteiger partial charge in [0.1, 0.15) is 5.75 Å². The average molecular weight is 246 g/mol. The summed E-state index contributed by atoms with van der Waals surface area (Å²) in [4.78, 5) is 12.3. The van der Waals surface area contributed by atoms with Crippen LogP contribution in [0, 0.1) is 19.8 Å². The minimum absolute atomic E-state index is 0.296. The van der Waals surface area contributed by atoms with Gasteiger partial charge in [-0.2, -0.15) is 0 Å². The molecule has 0 aliphatic heterocycles. The van der Waals surface area contributed by atoms with Gasteiger partial charge in [-0.1, -0.05) is 25.7 Å². The van der Waals surface area contributed by atoms with Gasteiger partial charge >= 0.3 is 0 Å². The van der Waals surface area contributed by atoms with Crippen molar-refractivity contribution in [2.24, 2.45) is 5.92 Å². The van der Waals surface area contributed by atoms with Crippen molar-refractivity contribution >= 4 is 5.78 Å². The van der Waals surface area contributed by atoms with Crippen LogP contribution in [0.1, 0.15) is 53.6 Å². The van der Waals surface area contributed by atoms with Crippen molar-refractivity contribution in [2.45, 2.75) is 46.0 Å². The third kappa shape index (κ3) is 2.58. The van der Waals surface area contributed by atoms with Crippen LogP contribution in [-0.4, -0.2) is 12.9 Å². The van der Waals surface area contributed by atoms with Gasteiger partial charge in [0.15, 0.2) is 5.78 Å². The molecule has 2 heteroatoms. The zero-order valence-corrected chi connectivity index (χ0v) is 11.6. The molecular formula is C16H22O2. The van der Waals surface area contributed by atoms with Crippen molar-refractivity contribution in [1.29, 1.82) is 0 Å². The second kappa shape index (κ2) is 5.55. The normalized spacial score (nSPS) is 15.9. The van der Waals surface area contributed by atoms with Gasteiger partial charge in [0.2, 0.25) is 0 Å². The standard InChI is InChI=1S/C16H22O2/c1-11-12(2)16(18-3)9-8-14(11)15(17)10-13-6-4-5-7-13/h8-9,13H,4-7,10H2,1-3H3. The zero-order valence-electron chi connectivity index (χ0n) is 11.6. The summed E-state index contributed by atoms with van der Waals surface area (Å²) in [5.74, 6) is 1.77. The Morgan fingerprint density at radius 1 is 1.22 bits per heavy atom. The highest BCUT2D eigenvalue weighted by atomic mass is 16.5. The molecule has 0 aromatic heterocycles. The van der Waals surface area contributed by atoms with Gasteiger partial charge in [-0.15, -0.1) is 0 Å². The topological polar surface area (TPSA) is 26.3 Å². The summed E-state index contributed by atoms with van der Waals surface area (Å²) in [6.45, 7) is 4.03. The highest BCUT2D eigenvalue weighted by Crippen LogP contribution is 2.30. The molecule has 0 atom stereocenters. The summed E-state index contributed by atoms with van der Waals surface area (Å²) in [5, 5.41) is 0. The first kappa shape index (κ1) is 13.1. The Balaban J connectivity index is 2.17. The molecule has 1 saturated carbocycles. The first-order chi connectivity index (χ1) is 8.63. The number of benzene rings is 1. The summed E-state index contributed by atoms with van der Waals surface area (Å²) in [5.41, 5.74) is 3.02. The highest BCUT2D eigenvalue weighted by molar-refractivity contribution is 5.98. The lowest BCUT2D eigenvalue weighted by atomic mass is 9.93. The van der Waals surface area contributed by atoms with Crippen LogP contribution in [0.15, 0.2) is 12.1 Å². The Hall–Kier alpha value is -1.31. The van der Waals surface area contributed by atoms with Crippen LogP contribution < -0.4 is 4.74 Å². The van der Waals surface area contributed by atoms with Crippen LogP contribution in [-0.2, 0) is 0 Å². The van der Waals surface area contributed by atoms with Crippen molar-refractivity contribution in [3.05, 3.63) is 28.8 Å². The van der Waals surface area contributed by atoms with E-state index in [0.29, 0.717) is 18.1 Å². The molecule has 0 unspecified atom stereocenters. The van der Waals surface area contributed by atoms with E-state index in [2.05, 4.69) is 0 Å². The molecule has 0 bridgehead atoms. The number of Topliss-reactive ketones (excluding diaryl/α,β-unsaturated/α-hetero) is 1. The molecular weight excluding hydrogens is 224 g/mol. The smallest absolute Gasteiger partial charge is 0.163 e. The van der Waals surface area contributed by atoms with Gasteiger partial charge in [0.05, 0.1) is 7.11 Å². The maximum atomic E-state index is 12.3. The maximum absolute atomic E-state index is 12.3. The van der Waals surface area contributed by atoms with Gasteiger partial charge in [-0.25, -0.2) is 0 Å². The van der Waals surface area contributed by atoms with Gasteiger partial charge in [0.25, 0.3) is 0 Å². The first-order valence-electron chi connectivity index (χ1n) is 6.81. The van der Waals surface area contributed by atoms with E-state index in [0.717, 1.165) is 22.4 Å². The third-order valence-corrected chi connectivity index (χ3v) is 4.21. The molecule has 18 heavy (non-hydrogen) atoms. The fourth-order valence-electron chi connectivity index (χ4n) is 2.91. The fraction of sp³-hybridized carbons (Fsp3) is 0.562. The van der Waals surface area contributed by atoms with E-state index >= 15 is 0 Å². The molecule has 2 nitrogen and oxygen atoms in total. The van der Waals surface area contributed by atoms with Crippen molar-refractivity contribution in [3.63, 3.8) is 0 Å². The van der Waals surface area contributed by atoms with E-state index in [9.17, 15) is 4.79 Å². The summed E-state index contributed by atoms with van der Waals surface area (Å²) >= 11 is 0. The average Bonchev–Trinajstić information content (AvgIpc) is 2.85. The van der Waals surface area contributed by atoms with E-state index in [1.807, 2.05) is 26.0 Å². The Morgan fingerprint density at radius 3 is 2.50 bits per heavy atom. The number of carbonyl (C=O) groups is 1. The molecule has 1 aromatic carbocycles. The molecule has 1 aromatic rings. The molecule has 1 aliphatic rings. The second-order valence-electron chi connectivity index (χ2n) is 5.34. The summed E-state index contributed by atoms with van der Waals surface area (Å²) < 4.78 is 5.28. The van der Waals surface area contributed by atoms with E-state index in [1.54, 1.807) is 7.11 Å². The van der Waals surface area contributed by atoms with Crippen LogP contribution in [0.3, 0.4) is 0 Å². The number of methoxy groups -OCH3 is 1. The predicted molar refractivity (Wildman–Crippen MR) is 73.4 cm³/mol. The minimum atomic E-state index is 0.296. The maximum Gasteiger partial charge on any atom is 0.163 e. The summed E-state index contributed by atoms with van der Waals surface area (Å²) in [6, 6.07) is 3.82. The zero-order chi connectivity index (χ0) is 13.1. The van der Waals surface area contributed by atoms with Crippen molar-refractivity contribution < 1.29 is 9.53 Å². The van der Waals surface area contributed by atoms with Crippen molar-refractivity contribution in [3.8, 4) is 5.75 Å². The minimum Gasteiger partial charge on any atom is -0.496 e. The van der Waals surface area contributed by atoms with Crippen LogP contribution in [0.4, 0.5) is 0 Å². The van der Waals surface area contributed by atoms with Crippen LogP contribution >= 0.6 is 0 Å². The van der Waals surface area contributed by atoms with Crippen molar-refractivity contribution in [1.82, 2.24) is 0 Å². The lowest BCUT2D eigenvalue weighted by molar-refractivity contribution is 0.0961. The van der Waals surface area contributed by atoms with Gasteiger partial charge < -0.3 is 4.74 Å². The van der Waals surface area contributed by atoms with E-state index in [1.165, 1.54) is 25.7 Å². The molecule has 0 spiro atoms. The molecule has 98 valence electrons. The number of ether oxygens (including phenoxy) is 1. The Bertz CT molecular complexity index is 443. The Kier molecular flexibility index (Phi) is 4.05. The van der Waals surface area contributed by atoms with Gasteiger partial charge in [0, 0.05) is 12.0 Å².